The number of halogens is 2. The molecule has 0 atom stereocenters. The quantitative estimate of drug-likeness (QED) is 0.447. The van der Waals surface area contributed by atoms with Crippen molar-refractivity contribution < 1.29 is 18.8 Å². The topological polar surface area (TPSA) is 108 Å². The minimum absolute atomic E-state index is 0.0155. The molecule has 1 saturated heterocycles. The second-order valence-electron chi connectivity index (χ2n) is 7.23. The van der Waals surface area contributed by atoms with Crippen LogP contribution in [0.2, 0.25) is 0 Å². The number of tetrazole rings is 1. The van der Waals surface area contributed by atoms with E-state index in [2.05, 4.69) is 46.2 Å². The Labute approximate surface area is 191 Å². The molecule has 10 nitrogen and oxygen atoms in total. The fourth-order valence-electron chi connectivity index (χ4n) is 3.22. The van der Waals surface area contributed by atoms with E-state index in [1.54, 1.807) is 18.5 Å². The van der Waals surface area contributed by atoms with Crippen LogP contribution in [-0.4, -0.2) is 55.5 Å². The van der Waals surface area contributed by atoms with Crippen LogP contribution in [0.5, 0.6) is 5.75 Å². The molecular weight excluding hydrogens is 485 g/mol. The van der Waals surface area contributed by atoms with Gasteiger partial charge in [-0.15, -0.1) is 5.10 Å². The Kier molecular flexibility index (Phi) is 6.88. The summed E-state index contributed by atoms with van der Waals surface area (Å²) >= 11 is 3.39. The van der Waals surface area contributed by atoms with E-state index in [9.17, 15) is 9.18 Å². The van der Waals surface area contributed by atoms with Gasteiger partial charge in [0, 0.05) is 55.8 Å². The number of rotatable bonds is 7. The van der Waals surface area contributed by atoms with Crippen LogP contribution in [0, 0.1) is 5.82 Å². The van der Waals surface area contributed by atoms with E-state index in [0.29, 0.717) is 36.8 Å². The molecule has 4 rings (SSSR count). The standard InChI is InChI=1S/C20H21BrFN7O3/c1-2-3-18(30)32-29-26-19(25-27-29)13-11-23-20(24-12-13)28-8-6-15(7-9-28)31-17-10-14(22)4-5-16(17)21/h4-5,10-12,15H,2-3,6-9H2,1H3. The van der Waals surface area contributed by atoms with E-state index in [4.69, 9.17) is 9.57 Å². The van der Waals surface area contributed by atoms with Crippen LogP contribution in [-0.2, 0) is 4.79 Å². The van der Waals surface area contributed by atoms with E-state index in [1.165, 1.54) is 12.1 Å². The molecule has 1 aliphatic heterocycles. The van der Waals surface area contributed by atoms with Crippen LogP contribution in [0.3, 0.4) is 0 Å². The van der Waals surface area contributed by atoms with Crippen molar-refractivity contribution in [3.8, 4) is 17.1 Å². The predicted molar refractivity (Wildman–Crippen MR) is 115 cm³/mol. The maximum absolute atomic E-state index is 13.5. The molecular formula is C20H21BrFN7O3. The predicted octanol–water partition coefficient (Wildman–Crippen LogP) is 2.83. The van der Waals surface area contributed by atoms with Crippen molar-refractivity contribution in [2.75, 3.05) is 18.0 Å². The Morgan fingerprint density at radius 1 is 1.25 bits per heavy atom. The third-order valence-corrected chi connectivity index (χ3v) is 5.50. The van der Waals surface area contributed by atoms with Crippen LogP contribution >= 0.6 is 15.9 Å². The molecule has 1 aromatic carbocycles. The monoisotopic (exact) mass is 505 g/mol. The van der Waals surface area contributed by atoms with Gasteiger partial charge in [0.2, 0.25) is 11.8 Å². The van der Waals surface area contributed by atoms with Gasteiger partial charge >= 0.3 is 5.97 Å². The zero-order valence-corrected chi connectivity index (χ0v) is 18.9. The molecule has 0 amide bonds. The smallest absolute Gasteiger partial charge is 0.336 e. The molecule has 0 spiro atoms. The van der Waals surface area contributed by atoms with E-state index in [0.717, 1.165) is 22.3 Å². The first-order valence-electron chi connectivity index (χ1n) is 10.2. The van der Waals surface area contributed by atoms with Crippen LogP contribution < -0.4 is 14.5 Å². The Hall–Kier alpha value is -3.15. The average Bonchev–Trinajstić information content (AvgIpc) is 3.25. The molecule has 168 valence electrons. The summed E-state index contributed by atoms with van der Waals surface area (Å²) < 4.78 is 20.2. The molecule has 3 aromatic rings. The summed E-state index contributed by atoms with van der Waals surface area (Å²) in [5, 5.41) is 11.6. The van der Waals surface area contributed by atoms with Gasteiger partial charge in [0.25, 0.3) is 0 Å². The van der Waals surface area contributed by atoms with Crippen molar-refractivity contribution in [1.29, 1.82) is 0 Å². The van der Waals surface area contributed by atoms with Crippen LogP contribution in [0.1, 0.15) is 32.6 Å². The van der Waals surface area contributed by atoms with Crippen molar-refractivity contribution in [3.05, 3.63) is 40.9 Å². The van der Waals surface area contributed by atoms with Crippen LogP contribution in [0.25, 0.3) is 11.4 Å². The van der Waals surface area contributed by atoms with Gasteiger partial charge in [0.1, 0.15) is 17.7 Å². The first-order chi connectivity index (χ1) is 15.5. The van der Waals surface area contributed by atoms with Gasteiger partial charge in [0.15, 0.2) is 0 Å². The van der Waals surface area contributed by atoms with E-state index in [1.807, 2.05) is 6.92 Å². The highest BCUT2D eigenvalue weighted by Crippen LogP contribution is 2.29. The normalized spacial score (nSPS) is 14.4. The molecule has 0 saturated carbocycles. The summed E-state index contributed by atoms with van der Waals surface area (Å²) in [7, 11) is 0. The zero-order chi connectivity index (χ0) is 22.5. The van der Waals surface area contributed by atoms with Gasteiger partial charge < -0.3 is 14.5 Å². The third kappa shape index (κ3) is 5.36. The first kappa shape index (κ1) is 22.1. The number of carbonyl (C=O) groups excluding carboxylic acids is 1. The summed E-state index contributed by atoms with van der Waals surface area (Å²) in [4.78, 5) is 28.1. The second kappa shape index (κ2) is 9.98. The fraction of sp³-hybridized carbons (Fsp3) is 0.400. The second-order valence-corrected chi connectivity index (χ2v) is 8.08. The number of aromatic nitrogens is 6. The fourth-order valence-corrected chi connectivity index (χ4v) is 3.56. The van der Waals surface area contributed by atoms with Crippen molar-refractivity contribution in [2.24, 2.45) is 0 Å². The Balaban J connectivity index is 1.33. The number of nitrogens with zero attached hydrogens (tertiary/aromatic N) is 7. The SMILES string of the molecule is CCCC(=O)On1nnc(-c2cnc(N3CCC(Oc4cc(F)ccc4Br)CC3)nc2)n1. The molecule has 2 aromatic heterocycles. The van der Waals surface area contributed by atoms with Gasteiger partial charge in [-0.25, -0.2) is 19.2 Å². The van der Waals surface area contributed by atoms with Crippen molar-refractivity contribution in [1.82, 2.24) is 30.3 Å². The number of benzene rings is 1. The van der Waals surface area contributed by atoms with Gasteiger partial charge in [0.05, 0.1) is 10.0 Å². The molecule has 1 fully saturated rings. The van der Waals surface area contributed by atoms with Crippen molar-refractivity contribution in [3.63, 3.8) is 0 Å². The Bertz CT molecular complexity index is 1070. The number of hydrogen-bond donors (Lipinski definition) is 0. The van der Waals surface area contributed by atoms with E-state index in [-0.39, 0.29) is 24.2 Å². The maximum Gasteiger partial charge on any atom is 0.336 e. The summed E-state index contributed by atoms with van der Waals surface area (Å²) in [6, 6.07) is 4.40. The minimum Gasteiger partial charge on any atom is -0.489 e. The highest BCUT2D eigenvalue weighted by atomic mass is 79.9. The lowest BCUT2D eigenvalue weighted by Gasteiger charge is -2.32. The number of carbonyl (C=O) groups is 1. The van der Waals surface area contributed by atoms with Gasteiger partial charge in [-0.05, 0) is 39.7 Å². The molecule has 1 aliphatic rings. The number of anilines is 1. The molecule has 3 heterocycles. The zero-order valence-electron chi connectivity index (χ0n) is 17.3. The highest BCUT2D eigenvalue weighted by molar-refractivity contribution is 9.10. The molecule has 0 bridgehead atoms. The Morgan fingerprint density at radius 2 is 2.00 bits per heavy atom. The van der Waals surface area contributed by atoms with Gasteiger partial charge in [-0.3, -0.25) is 0 Å². The highest BCUT2D eigenvalue weighted by Gasteiger charge is 2.23. The minimum atomic E-state index is -0.430. The lowest BCUT2D eigenvalue weighted by Crippen LogP contribution is -2.39. The van der Waals surface area contributed by atoms with Crippen LogP contribution in [0.15, 0.2) is 35.1 Å². The third-order valence-electron chi connectivity index (χ3n) is 4.84. The number of ether oxygens (including phenoxy) is 1. The molecule has 0 radical (unpaired) electrons. The van der Waals surface area contributed by atoms with E-state index >= 15 is 0 Å². The summed E-state index contributed by atoms with van der Waals surface area (Å²) in [6.45, 7) is 3.29. The molecule has 0 N–H and O–H groups in total. The summed E-state index contributed by atoms with van der Waals surface area (Å²) in [6.07, 6.45) is 5.64. The summed E-state index contributed by atoms with van der Waals surface area (Å²) in [5.74, 6) is 0.586. The number of piperidine rings is 1. The number of hydrogen-bond acceptors (Lipinski definition) is 9. The lowest BCUT2D eigenvalue weighted by atomic mass is 10.1. The molecule has 0 aliphatic carbocycles. The Morgan fingerprint density at radius 3 is 2.72 bits per heavy atom. The summed E-state index contributed by atoms with van der Waals surface area (Å²) in [5.41, 5.74) is 0.556. The molecule has 0 unspecified atom stereocenters. The van der Waals surface area contributed by atoms with Gasteiger partial charge in [-0.2, -0.15) is 0 Å². The van der Waals surface area contributed by atoms with Crippen molar-refractivity contribution >= 4 is 27.8 Å². The van der Waals surface area contributed by atoms with Crippen LogP contribution in [0.4, 0.5) is 10.3 Å². The lowest BCUT2D eigenvalue weighted by molar-refractivity contribution is -0.148. The maximum atomic E-state index is 13.5. The van der Waals surface area contributed by atoms with E-state index < -0.39 is 5.97 Å². The van der Waals surface area contributed by atoms with Crippen molar-refractivity contribution in [2.45, 2.75) is 38.7 Å². The first-order valence-corrected chi connectivity index (χ1v) is 11.0. The largest absolute Gasteiger partial charge is 0.489 e. The van der Waals surface area contributed by atoms with Gasteiger partial charge in [-0.1, -0.05) is 12.0 Å². The average molecular weight is 506 g/mol. The molecule has 32 heavy (non-hydrogen) atoms. The molecule has 12 heteroatoms.